The van der Waals surface area contributed by atoms with Crippen LogP contribution in [0.4, 0.5) is 0 Å². The number of aryl methyl sites for hydroxylation is 1. The van der Waals surface area contributed by atoms with Gasteiger partial charge in [0, 0.05) is 31.4 Å². The maximum Gasteiger partial charge on any atom is 0.290 e. The number of rotatable bonds is 5. The number of hydrogen-bond donors (Lipinski definition) is 1. The summed E-state index contributed by atoms with van der Waals surface area (Å²) in [5.74, 6) is 1.65. The van der Waals surface area contributed by atoms with E-state index in [-0.39, 0.29) is 11.9 Å². The van der Waals surface area contributed by atoms with Crippen LogP contribution < -0.4 is 10.1 Å². The van der Waals surface area contributed by atoms with Crippen LogP contribution in [0.5, 0.6) is 5.75 Å². The van der Waals surface area contributed by atoms with Gasteiger partial charge in [-0.1, -0.05) is 24.3 Å². The number of furan rings is 1. The van der Waals surface area contributed by atoms with E-state index in [1.54, 1.807) is 18.5 Å². The monoisotopic (exact) mass is 377 g/mol. The van der Waals surface area contributed by atoms with Crippen molar-refractivity contribution in [2.24, 2.45) is 0 Å². The zero-order valence-electron chi connectivity index (χ0n) is 15.8. The van der Waals surface area contributed by atoms with Gasteiger partial charge in [-0.2, -0.15) is 0 Å². The summed E-state index contributed by atoms with van der Waals surface area (Å²) in [5.41, 5.74) is 2.11. The summed E-state index contributed by atoms with van der Waals surface area (Å²) in [4.78, 5) is 19.0. The fourth-order valence-corrected chi connectivity index (χ4v) is 3.39. The molecule has 2 aromatic heterocycles. The Morgan fingerprint density at radius 2 is 2.14 bits per heavy atom. The number of aromatic nitrogens is 1. The maximum atomic E-state index is 13.1. The van der Waals surface area contributed by atoms with Gasteiger partial charge in [0.05, 0.1) is 12.2 Å². The van der Waals surface area contributed by atoms with Crippen molar-refractivity contribution in [1.29, 1.82) is 0 Å². The Morgan fingerprint density at radius 1 is 1.25 bits per heavy atom. The van der Waals surface area contributed by atoms with E-state index in [1.165, 1.54) is 0 Å². The molecule has 1 fully saturated rings. The Morgan fingerprint density at radius 3 is 2.96 bits per heavy atom. The van der Waals surface area contributed by atoms with Gasteiger partial charge in [-0.15, -0.1) is 0 Å². The van der Waals surface area contributed by atoms with Crippen LogP contribution in [0.25, 0.3) is 11.3 Å². The van der Waals surface area contributed by atoms with E-state index in [2.05, 4.69) is 10.3 Å². The van der Waals surface area contributed by atoms with Crippen LogP contribution in [-0.4, -0.2) is 48.1 Å². The summed E-state index contributed by atoms with van der Waals surface area (Å²) < 4.78 is 11.7. The maximum absolute atomic E-state index is 13.1. The fraction of sp³-hybridized carbons (Fsp3) is 0.273. The summed E-state index contributed by atoms with van der Waals surface area (Å²) in [7, 11) is 0. The van der Waals surface area contributed by atoms with Crippen LogP contribution in [0.15, 0.2) is 65.3 Å². The Balaban J connectivity index is 1.48. The third-order valence-electron chi connectivity index (χ3n) is 4.92. The topological polar surface area (TPSA) is 67.6 Å². The van der Waals surface area contributed by atoms with E-state index in [0.717, 1.165) is 17.7 Å². The first-order valence-electron chi connectivity index (χ1n) is 9.43. The molecule has 0 spiro atoms. The molecule has 6 heteroatoms. The minimum atomic E-state index is -0.110. The van der Waals surface area contributed by atoms with Crippen molar-refractivity contribution in [3.8, 4) is 17.1 Å². The molecule has 4 rings (SSSR count). The second-order valence-corrected chi connectivity index (χ2v) is 6.84. The zero-order valence-corrected chi connectivity index (χ0v) is 15.8. The summed E-state index contributed by atoms with van der Waals surface area (Å²) in [5, 5.41) is 3.33. The molecule has 144 valence electrons. The molecular weight excluding hydrogens is 354 g/mol. The lowest BCUT2D eigenvalue weighted by molar-refractivity contribution is 0.0529. The molecule has 3 aromatic rings. The third kappa shape index (κ3) is 3.92. The summed E-state index contributed by atoms with van der Waals surface area (Å²) in [6.45, 7) is 4.47. The molecule has 1 amide bonds. The minimum absolute atomic E-state index is 0.0755. The molecule has 3 heterocycles. The summed E-state index contributed by atoms with van der Waals surface area (Å²) >= 11 is 0. The number of benzene rings is 1. The summed E-state index contributed by atoms with van der Waals surface area (Å²) in [6.07, 6.45) is 3.37. The number of pyridine rings is 1. The van der Waals surface area contributed by atoms with Crippen LogP contribution in [0, 0.1) is 6.92 Å². The second kappa shape index (κ2) is 8.27. The molecule has 0 saturated carbocycles. The van der Waals surface area contributed by atoms with E-state index in [9.17, 15) is 4.79 Å². The first-order chi connectivity index (χ1) is 13.7. The Labute approximate surface area is 164 Å². The first-order valence-corrected chi connectivity index (χ1v) is 9.43. The van der Waals surface area contributed by atoms with Gasteiger partial charge in [0.15, 0.2) is 5.76 Å². The van der Waals surface area contributed by atoms with Crippen LogP contribution >= 0.6 is 0 Å². The molecular formula is C22H23N3O3. The molecule has 1 aliphatic heterocycles. The highest BCUT2D eigenvalue weighted by molar-refractivity contribution is 5.92. The van der Waals surface area contributed by atoms with Crippen LogP contribution in [-0.2, 0) is 0 Å². The van der Waals surface area contributed by atoms with Gasteiger partial charge in [-0.05, 0) is 36.8 Å². The normalized spacial score (nSPS) is 16.8. The van der Waals surface area contributed by atoms with Gasteiger partial charge in [0.1, 0.15) is 18.1 Å². The van der Waals surface area contributed by atoms with Crippen LogP contribution in [0.3, 0.4) is 0 Å². The number of carbonyl (C=O) groups is 1. The zero-order chi connectivity index (χ0) is 19.3. The van der Waals surface area contributed by atoms with E-state index < -0.39 is 0 Å². The van der Waals surface area contributed by atoms with Gasteiger partial charge in [-0.3, -0.25) is 9.78 Å². The van der Waals surface area contributed by atoms with Gasteiger partial charge >= 0.3 is 0 Å². The molecule has 6 nitrogen and oxygen atoms in total. The van der Waals surface area contributed by atoms with Crippen molar-refractivity contribution < 1.29 is 13.9 Å². The molecule has 1 atom stereocenters. The molecule has 28 heavy (non-hydrogen) atoms. The van der Waals surface area contributed by atoms with Crippen molar-refractivity contribution >= 4 is 5.91 Å². The number of amides is 1. The van der Waals surface area contributed by atoms with Crippen molar-refractivity contribution in [1.82, 2.24) is 15.2 Å². The molecule has 1 unspecified atom stereocenters. The number of nitrogens with one attached hydrogen (secondary N) is 1. The smallest absolute Gasteiger partial charge is 0.290 e. The summed E-state index contributed by atoms with van der Waals surface area (Å²) in [6, 6.07) is 15.2. The number of hydrogen-bond acceptors (Lipinski definition) is 5. The Hall–Kier alpha value is -3.12. The van der Waals surface area contributed by atoms with E-state index in [0.29, 0.717) is 37.0 Å². The van der Waals surface area contributed by atoms with Gasteiger partial charge in [-0.25, -0.2) is 0 Å². The van der Waals surface area contributed by atoms with Gasteiger partial charge < -0.3 is 19.4 Å². The number of nitrogens with zero attached hydrogens (tertiary/aromatic N) is 2. The van der Waals surface area contributed by atoms with Gasteiger partial charge in [0.25, 0.3) is 5.91 Å². The highest BCUT2D eigenvalue weighted by Gasteiger charge is 2.30. The lowest BCUT2D eigenvalue weighted by Gasteiger charge is -2.35. The Kier molecular flexibility index (Phi) is 5.39. The highest BCUT2D eigenvalue weighted by atomic mass is 16.5. The molecule has 1 saturated heterocycles. The number of ether oxygens (including phenoxy) is 1. The molecule has 1 aliphatic rings. The molecule has 0 aliphatic carbocycles. The van der Waals surface area contributed by atoms with Crippen LogP contribution in [0.2, 0.25) is 0 Å². The van der Waals surface area contributed by atoms with Crippen molar-refractivity contribution in [2.75, 3.05) is 26.2 Å². The third-order valence-corrected chi connectivity index (χ3v) is 4.92. The van der Waals surface area contributed by atoms with Crippen molar-refractivity contribution in [3.05, 3.63) is 72.2 Å². The van der Waals surface area contributed by atoms with Crippen molar-refractivity contribution in [3.63, 3.8) is 0 Å². The Bertz CT molecular complexity index is 939. The highest BCUT2D eigenvalue weighted by Crippen LogP contribution is 2.26. The average molecular weight is 377 g/mol. The predicted molar refractivity (Wildman–Crippen MR) is 106 cm³/mol. The predicted octanol–water partition coefficient (Wildman–Crippen LogP) is 3.14. The van der Waals surface area contributed by atoms with E-state index in [4.69, 9.17) is 9.15 Å². The van der Waals surface area contributed by atoms with Crippen molar-refractivity contribution in [2.45, 2.75) is 13.0 Å². The lowest BCUT2D eigenvalue weighted by atomic mass is 10.1. The molecule has 1 N–H and O–H groups in total. The van der Waals surface area contributed by atoms with Gasteiger partial charge in [0.2, 0.25) is 0 Å². The van der Waals surface area contributed by atoms with E-state index in [1.807, 2.05) is 54.3 Å². The minimum Gasteiger partial charge on any atom is -0.490 e. The molecule has 0 bridgehead atoms. The average Bonchev–Trinajstić information content (AvgIpc) is 3.23. The van der Waals surface area contributed by atoms with E-state index >= 15 is 0 Å². The number of carbonyl (C=O) groups excluding carboxylic acids is 1. The van der Waals surface area contributed by atoms with Crippen LogP contribution in [0.1, 0.15) is 16.1 Å². The fourth-order valence-electron chi connectivity index (χ4n) is 3.39. The molecule has 1 aromatic carbocycles. The lowest BCUT2D eigenvalue weighted by Crippen LogP contribution is -2.55. The first kappa shape index (κ1) is 18.3. The SMILES string of the molecule is Cc1ccccc1-c1ccc(C(=O)N2CCNCC2COc2cccnc2)o1. The number of piperazine rings is 1. The quantitative estimate of drug-likeness (QED) is 0.740. The largest absolute Gasteiger partial charge is 0.490 e. The standard InChI is InChI=1S/C22H23N3O3/c1-16-5-2-3-7-19(16)20-8-9-21(28-20)22(26)25-12-11-24-13-17(25)15-27-18-6-4-10-23-14-18/h2-10,14,17,24H,11-13,15H2,1H3. The molecule has 0 radical (unpaired) electrons. The second-order valence-electron chi connectivity index (χ2n) is 6.84.